The van der Waals surface area contributed by atoms with Gasteiger partial charge in [-0.1, -0.05) is 69.0 Å². The van der Waals surface area contributed by atoms with Crippen molar-refractivity contribution in [1.29, 1.82) is 5.41 Å². The number of hydrogen-bond donors (Lipinski definition) is 4. The third-order valence-corrected chi connectivity index (χ3v) is 9.13. The fraction of sp³-hybridized carbons (Fsp3) is 0.212. The van der Waals surface area contributed by atoms with Crippen molar-refractivity contribution < 1.29 is 28.2 Å². The summed E-state index contributed by atoms with van der Waals surface area (Å²) in [6, 6.07) is 23.3. The molecule has 1 amide bonds. The second-order valence-corrected chi connectivity index (χ2v) is 13.8. The summed E-state index contributed by atoms with van der Waals surface area (Å²) in [7, 11) is 0. The summed E-state index contributed by atoms with van der Waals surface area (Å²) < 4.78 is 17.7. The van der Waals surface area contributed by atoms with Crippen LogP contribution < -0.4 is 21.4 Å². The number of nitrogens with one attached hydrogen (secondary N) is 3. The van der Waals surface area contributed by atoms with E-state index in [1.54, 1.807) is 22.9 Å². The minimum atomic E-state index is -0.240. The van der Waals surface area contributed by atoms with E-state index in [4.69, 9.17) is 33.6 Å². The molecule has 2 aromatic carbocycles. The number of carbonyl (C=O) groups is 1. The SMILES string of the molecule is Brc1cnc2c(c1)C(c1ncn[nH]1)CN2OOSc1ccccc1.CCOC(=N)C1CN(OOSc2ccccc2)c2ncc(Br)cc21.CI.NNC=O. The predicted octanol–water partition coefficient (Wildman–Crippen LogP) is 7.47. The lowest BCUT2D eigenvalue weighted by Gasteiger charge is -2.15. The van der Waals surface area contributed by atoms with Gasteiger partial charge in [0.2, 0.25) is 6.41 Å². The molecule has 16 nitrogen and oxygen atoms in total. The van der Waals surface area contributed by atoms with Crippen LogP contribution in [0.15, 0.2) is 110 Å². The van der Waals surface area contributed by atoms with Gasteiger partial charge in [-0.25, -0.2) is 30.9 Å². The van der Waals surface area contributed by atoms with E-state index in [1.165, 1.54) is 11.4 Å². The van der Waals surface area contributed by atoms with Crippen LogP contribution in [0.1, 0.15) is 35.7 Å². The molecule has 0 radical (unpaired) electrons. The number of fused-ring (bicyclic) bond motifs is 2. The minimum Gasteiger partial charge on any atom is -0.481 e. The van der Waals surface area contributed by atoms with Crippen LogP contribution in [0.4, 0.5) is 11.6 Å². The maximum Gasteiger partial charge on any atom is 0.221 e. The molecule has 5 aromatic rings. The molecule has 2 aliphatic rings. The summed E-state index contributed by atoms with van der Waals surface area (Å²) in [5.74, 6) is 6.44. The normalized spacial score (nSPS) is 14.9. The average molecular weight is 1020 g/mol. The van der Waals surface area contributed by atoms with Crippen molar-refractivity contribution in [2.45, 2.75) is 28.6 Å². The zero-order valence-electron chi connectivity index (χ0n) is 28.7. The third kappa shape index (κ3) is 12.6. The maximum atomic E-state index is 8.94. The van der Waals surface area contributed by atoms with Gasteiger partial charge in [0, 0.05) is 42.3 Å². The number of hydrazine groups is 1. The number of hydrogen-bond acceptors (Lipinski definition) is 16. The van der Waals surface area contributed by atoms with Crippen molar-refractivity contribution in [3.8, 4) is 0 Å². The Bertz CT molecular complexity index is 1880. The van der Waals surface area contributed by atoms with Gasteiger partial charge >= 0.3 is 0 Å². The number of alkyl halides is 1. The number of anilines is 2. The Kier molecular flexibility index (Phi) is 18.9. The molecule has 0 saturated heterocycles. The number of H-pyrrole nitrogens is 1. The lowest BCUT2D eigenvalue weighted by Crippen LogP contribution is -2.25. The van der Waals surface area contributed by atoms with Crippen LogP contribution in [0.2, 0.25) is 0 Å². The van der Waals surface area contributed by atoms with Crippen LogP contribution in [-0.2, 0) is 28.2 Å². The summed E-state index contributed by atoms with van der Waals surface area (Å²) in [5, 5.41) is 18.1. The highest BCUT2D eigenvalue weighted by molar-refractivity contribution is 14.1. The Morgan fingerprint density at radius 3 is 1.94 bits per heavy atom. The largest absolute Gasteiger partial charge is 0.481 e. The van der Waals surface area contributed by atoms with Gasteiger partial charge in [-0.3, -0.25) is 20.7 Å². The Morgan fingerprint density at radius 2 is 1.44 bits per heavy atom. The number of carbonyl (C=O) groups excluding carboxylic acids is 1. The van der Waals surface area contributed by atoms with Crippen molar-refractivity contribution in [3.63, 3.8) is 0 Å². The van der Waals surface area contributed by atoms with E-state index in [-0.39, 0.29) is 17.7 Å². The highest BCUT2D eigenvalue weighted by Crippen LogP contribution is 2.40. The second-order valence-electron chi connectivity index (χ2n) is 10.4. The fourth-order valence-electron chi connectivity index (χ4n) is 4.89. The van der Waals surface area contributed by atoms with Crippen LogP contribution in [0.5, 0.6) is 0 Å². The molecule has 21 heteroatoms. The molecule has 286 valence electrons. The first kappa shape index (κ1) is 43.3. The first-order valence-electron chi connectivity index (χ1n) is 15.7. The minimum absolute atomic E-state index is 0.0159. The molecular weight excluding hydrogens is 983 g/mol. The molecule has 5 N–H and O–H groups in total. The van der Waals surface area contributed by atoms with E-state index in [9.17, 15) is 0 Å². The first-order chi connectivity index (χ1) is 26.4. The zero-order chi connectivity index (χ0) is 38.7. The van der Waals surface area contributed by atoms with E-state index in [0.717, 1.165) is 59.8 Å². The third-order valence-electron chi connectivity index (χ3n) is 7.08. The van der Waals surface area contributed by atoms with Gasteiger partial charge in [-0.05, 0) is 80.1 Å². The van der Waals surface area contributed by atoms with E-state index < -0.39 is 0 Å². The smallest absolute Gasteiger partial charge is 0.221 e. The van der Waals surface area contributed by atoms with Crippen molar-refractivity contribution in [2.75, 3.05) is 34.8 Å². The molecule has 2 unspecified atom stereocenters. The number of benzene rings is 2. The zero-order valence-corrected chi connectivity index (χ0v) is 35.6. The molecule has 54 heavy (non-hydrogen) atoms. The summed E-state index contributed by atoms with van der Waals surface area (Å²) in [4.78, 5) is 36.7. The summed E-state index contributed by atoms with van der Waals surface area (Å²) in [5.41, 5.74) is 3.62. The van der Waals surface area contributed by atoms with Gasteiger partial charge in [-0.2, -0.15) is 5.10 Å². The maximum absolute atomic E-state index is 8.94. The summed E-state index contributed by atoms with van der Waals surface area (Å²) in [6.45, 7) is 3.25. The molecule has 2 atom stereocenters. The molecule has 0 saturated carbocycles. The lowest BCUT2D eigenvalue weighted by molar-refractivity contribution is -0.203. The lowest BCUT2D eigenvalue weighted by atomic mass is 10.0. The number of aromatic nitrogens is 5. The van der Waals surface area contributed by atoms with Gasteiger partial charge in [0.1, 0.15) is 12.2 Å². The summed E-state index contributed by atoms with van der Waals surface area (Å²) >= 11 is 11.3. The number of nitrogens with zero attached hydrogens (tertiary/aromatic N) is 6. The van der Waals surface area contributed by atoms with Crippen LogP contribution in [0, 0.1) is 5.41 Å². The number of rotatable bonds is 12. The fourth-order valence-corrected chi connectivity index (χ4v) is 6.49. The van der Waals surface area contributed by atoms with Crippen LogP contribution in [0.25, 0.3) is 0 Å². The highest BCUT2D eigenvalue weighted by atomic mass is 127. The molecular formula is C33H35Br2IN10O6S2. The molecule has 3 aromatic heterocycles. The van der Waals surface area contributed by atoms with Crippen molar-refractivity contribution in [3.05, 3.63) is 117 Å². The molecule has 0 bridgehead atoms. The van der Waals surface area contributed by atoms with Crippen LogP contribution in [0.3, 0.4) is 0 Å². The highest BCUT2D eigenvalue weighted by Gasteiger charge is 2.36. The van der Waals surface area contributed by atoms with E-state index in [2.05, 4.69) is 85.4 Å². The van der Waals surface area contributed by atoms with Gasteiger partial charge in [-0.15, -0.1) is 8.67 Å². The Morgan fingerprint density at radius 1 is 0.926 bits per heavy atom. The standard InChI is InChI=1S/C16H16BrN3O3S.C15H12BrN5O2S.CH3I.CH4N2O/c1-2-21-15(18)14-10-20(16-13(14)8-11(17)9-19-16)22-23-24-12-6-4-3-5-7-12;16-10-6-12-13(14-18-9-19-20-14)8-21(15(12)17-7-10)22-23-24-11-4-2-1-3-5-11;1-2;2-3-1-4/h3-9,14,18H,2,10H2,1H3;1-7,9,13H,8H2,(H,18,19,20);1H3;1H,2H2,(H,3,4). The molecule has 7 rings (SSSR count). The number of aromatic amines is 1. The number of amides is 1. The number of pyridine rings is 2. The molecule has 0 aliphatic carbocycles. The van der Waals surface area contributed by atoms with Gasteiger partial charge in [0.25, 0.3) is 0 Å². The Balaban J connectivity index is 0.000000210. The van der Waals surface area contributed by atoms with Crippen molar-refractivity contribution in [2.24, 2.45) is 5.84 Å². The Hall–Kier alpha value is -3.39. The van der Waals surface area contributed by atoms with Crippen LogP contribution >= 0.6 is 78.5 Å². The monoisotopic (exact) mass is 1020 g/mol. The van der Waals surface area contributed by atoms with Crippen LogP contribution in [-0.4, -0.2) is 62.1 Å². The quantitative estimate of drug-likeness (QED) is 0.00916. The topological polar surface area (TPSA) is 199 Å². The van der Waals surface area contributed by atoms with E-state index >= 15 is 0 Å². The molecule has 2 aliphatic heterocycles. The predicted molar refractivity (Wildman–Crippen MR) is 221 cm³/mol. The number of ether oxygens (including phenoxy) is 1. The molecule has 0 spiro atoms. The van der Waals surface area contributed by atoms with Gasteiger partial charge in [0.05, 0.1) is 55.6 Å². The first-order valence-corrected chi connectivity index (χ1v) is 21.0. The van der Waals surface area contributed by atoms with Crippen molar-refractivity contribution >= 4 is 102 Å². The van der Waals surface area contributed by atoms with Gasteiger partial charge < -0.3 is 4.74 Å². The molecule has 0 fully saturated rings. The van der Waals surface area contributed by atoms with E-state index in [0.29, 0.717) is 37.7 Å². The van der Waals surface area contributed by atoms with Crippen molar-refractivity contribution in [1.82, 2.24) is 30.6 Å². The number of nitrogens with two attached hydrogens (primary N) is 1. The Labute approximate surface area is 350 Å². The molecule has 5 heterocycles. The number of hydroxylamine groups is 2. The van der Waals surface area contributed by atoms with Gasteiger partial charge in [0.15, 0.2) is 17.5 Å². The summed E-state index contributed by atoms with van der Waals surface area (Å²) in [6.07, 6.45) is 5.31. The average Bonchev–Trinajstić information content (AvgIpc) is 3.95. The second kappa shape index (κ2) is 23.5. The number of halogens is 3. The van der Waals surface area contributed by atoms with E-state index in [1.807, 2.05) is 84.7 Å².